The largest absolute Gasteiger partial charge is 0.481 e. The van der Waals surface area contributed by atoms with Gasteiger partial charge in [0.2, 0.25) is 0 Å². The number of rotatable bonds is 6. The Balaban J connectivity index is 3.88. The summed E-state index contributed by atoms with van der Waals surface area (Å²) < 4.78 is 4.99. The number of nitrogens with one attached hydrogen (secondary N) is 1. The zero-order valence-corrected chi connectivity index (χ0v) is 10.7. The van der Waals surface area contributed by atoms with Crippen LogP contribution < -0.4 is 5.32 Å². The van der Waals surface area contributed by atoms with Gasteiger partial charge < -0.3 is 15.2 Å². The maximum Gasteiger partial charge on any atom is 0.407 e. The highest BCUT2D eigenvalue weighted by Crippen LogP contribution is 2.07. The molecule has 0 aromatic heterocycles. The molecule has 0 aromatic carbocycles. The second-order valence-electron chi connectivity index (χ2n) is 4.63. The van der Waals surface area contributed by atoms with Crippen molar-refractivity contribution < 1.29 is 19.4 Å². The van der Waals surface area contributed by atoms with Crippen molar-refractivity contribution in [3.63, 3.8) is 0 Å². The lowest BCUT2D eigenvalue weighted by molar-refractivity contribution is -0.138. The first-order valence-electron chi connectivity index (χ1n) is 5.50. The van der Waals surface area contributed by atoms with Crippen molar-refractivity contribution >= 4 is 12.1 Å². The van der Waals surface area contributed by atoms with E-state index in [4.69, 9.17) is 15.4 Å². The van der Waals surface area contributed by atoms with E-state index in [0.29, 0.717) is 6.42 Å². The topological polar surface area (TPSA) is 124 Å². The van der Waals surface area contributed by atoms with E-state index in [1.807, 2.05) is 0 Å². The molecule has 0 fully saturated rings. The number of ether oxygens (including phenoxy) is 1. The smallest absolute Gasteiger partial charge is 0.407 e. The Morgan fingerprint density at radius 1 is 1.50 bits per heavy atom. The number of aliphatic carboxylic acids is 1. The van der Waals surface area contributed by atoms with E-state index in [-0.39, 0.29) is 13.0 Å². The Kier molecular flexibility index (Phi) is 6.59. The summed E-state index contributed by atoms with van der Waals surface area (Å²) in [4.78, 5) is 24.3. The van der Waals surface area contributed by atoms with Crippen molar-refractivity contribution in [1.82, 2.24) is 5.32 Å². The lowest BCUT2D eigenvalue weighted by Crippen LogP contribution is -2.33. The van der Waals surface area contributed by atoms with E-state index in [9.17, 15) is 9.59 Å². The van der Waals surface area contributed by atoms with E-state index >= 15 is 0 Å². The number of carbonyl (C=O) groups is 2. The molecule has 1 unspecified atom stereocenters. The standard InChI is InChI=1S/C10H18N4O4/c1-10(2,3)18-9(17)12-6-4-5-7(8(15)16)13-14-11/h7H,4-6H2,1-3H3,(H,12,17)(H,15,16). The third-order valence-electron chi connectivity index (χ3n) is 1.80. The van der Waals surface area contributed by atoms with Crippen molar-refractivity contribution in [2.45, 2.75) is 45.3 Å². The summed E-state index contributed by atoms with van der Waals surface area (Å²) >= 11 is 0. The van der Waals surface area contributed by atoms with Crippen LogP contribution in [0.25, 0.3) is 10.4 Å². The molecule has 2 N–H and O–H groups in total. The maximum atomic E-state index is 11.2. The third kappa shape index (κ3) is 8.23. The predicted octanol–water partition coefficient (Wildman–Crippen LogP) is 2.05. The van der Waals surface area contributed by atoms with Gasteiger partial charge in [-0.15, -0.1) is 0 Å². The predicted molar refractivity (Wildman–Crippen MR) is 64.0 cm³/mol. The van der Waals surface area contributed by atoms with Crippen LogP contribution in [0, 0.1) is 0 Å². The number of carboxylic acid groups (broad SMARTS) is 1. The van der Waals surface area contributed by atoms with E-state index in [0.717, 1.165) is 0 Å². The number of hydrogen-bond acceptors (Lipinski definition) is 4. The van der Waals surface area contributed by atoms with Gasteiger partial charge in [-0.2, -0.15) is 0 Å². The molecular weight excluding hydrogens is 240 g/mol. The normalized spacial score (nSPS) is 12.2. The van der Waals surface area contributed by atoms with Gasteiger partial charge in [-0.3, -0.25) is 4.79 Å². The third-order valence-corrected chi connectivity index (χ3v) is 1.80. The van der Waals surface area contributed by atoms with Crippen LogP contribution in [0.1, 0.15) is 33.6 Å². The molecule has 8 heteroatoms. The molecule has 1 amide bonds. The molecule has 0 radical (unpaired) electrons. The molecule has 0 aliphatic carbocycles. The number of nitrogens with zero attached hydrogens (tertiary/aromatic N) is 3. The molecule has 0 rings (SSSR count). The summed E-state index contributed by atoms with van der Waals surface area (Å²) in [6, 6.07) is -1.10. The van der Waals surface area contributed by atoms with Crippen molar-refractivity contribution in [3.05, 3.63) is 10.4 Å². The van der Waals surface area contributed by atoms with Gasteiger partial charge in [-0.25, -0.2) is 4.79 Å². The molecule has 0 heterocycles. The summed E-state index contributed by atoms with van der Waals surface area (Å²) in [5.41, 5.74) is 7.59. The van der Waals surface area contributed by atoms with E-state index in [1.165, 1.54) is 0 Å². The van der Waals surface area contributed by atoms with E-state index in [1.54, 1.807) is 20.8 Å². The SMILES string of the molecule is CC(C)(C)OC(=O)NCCCC(N=[N+]=[N-])C(=O)O. The van der Waals surface area contributed by atoms with Crippen molar-refractivity contribution in [1.29, 1.82) is 0 Å². The lowest BCUT2D eigenvalue weighted by atomic mass is 10.2. The molecule has 8 nitrogen and oxygen atoms in total. The molecular formula is C10H18N4O4. The Hall–Kier alpha value is -1.95. The maximum absolute atomic E-state index is 11.2. The zero-order chi connectivity index (χ0) is 14.2. The molecule has 0 saturated heterocycles. The monoisotopic (exact) mass is 258 g/mol. The van der Waals surface area contributed by atoms with Gasteiger partial charge in [0.05, 0.1) is 0 Å². The van der Waals surface area contributed by atoms with Gasteiger partial charge in [0.15, 0.2) is 0 Å². The van der Waals surface area contributed by atoms with Crippen LogP contribution in [0.15, 0.2) is 5.11 Å². The molecule has 0 spiro atoms. The first-order valence-corrected chi connectivity index (χ1v) is 5.50. The van der Waals surface area contributed by atoms with Crippen molar-refractivity contribution in [3.8, 4) is 0 Å². The van der Waals surface area contributed by atoms with Gasteiger partial charge >= 0.3 is 12.1 Å². The van der Waals surface area contributed by atoms with Crippen LogP contribution in [-0.4, -0.2) is 35.4 Å². The average molecular weight is 258 g/mol. The highest BCUT2D eigenvalue weighted by Gasteiger charge is 2.17. The van der Waals surface area contributed by atoms with E-state index in [2.05, 4.69) is 15.3 Å². The second-order valence-corrected chi connectivity index (χ2v) is 4.63. The van der Waals surface area contributed by atoms with Gasteiger partial charge in [0, 0.05) is 11.5 Å². The van der Waals surface area contributed by atoms with Crippen LogP contribution >= 0.6 is 0 Å². The minimum atomic E-state index is -1.18. The molecule has 0 aliphatic rings. The summed E-state index contributed by atoms with van der Waals surface area (Å²) in [5, 5.41) is 14.3. The zero-order valence-electron chi connectivity index (χ0n) is 10.7. The Bertz CT molecular complexity index is 342. The average Bonchev–Trinajstić information content (AvgIpc) is 2.19. The molecule has 0 saturated carbocycles. The summed E-state index contributed by atoms with van der Waals surface area (Å²) in [7, 11) is 0. The fraction of sp³-hybridized carbons (Fsp3) is 0.800. The molecule has 1 atom stereocenters. The molecule has 102 valence electrons. The van der Waals surface area contributed by atoms with Gasteiger partial charge in [-0.05, 0) is 39.1 Å². The highest BCUT2D eigenvalue weighted by molar-refractivity contribution is 5.73. The van der Waals surface area contributed by atoms with Gasteiger partial charge in [0.25, 0.3) is 0 Å². The number of azide groups is 1. The summed E-state index contributed by atoms with van der Waals surface area (Å²) in [6.45, 7) is 5.50. The minimum Gasteiger partial charge on any atom is -0.481 e. The summed E-state index contributed by atoms with van der Waals surface area (Å²) in [6.07, 6.45) is -0.0112. The Morgan fingerprint density at radius 3 is 2.56 bits per heavy atom. The molecule has 0 aromatic rings. The Morgan fingerprint density at radius 2 is 2.11 bits per heavy atom. The quantitative estimate of drug-likeness (QED) is 0.327. The number of carbonyl (C=O) groups excluding carboxylic acids is 1. The molecule has 0 aliphatic heterocycles. The van der Waals surface area contributed by atoms with Crippen LogP contribution in [0.4, 0.5) is 4.79 Å². The highest BCUT2D eigenvalue weighted by atomic mass is 16.6. The number of hydrogen-bond donors (Lipinski definition) is 2. The minimum absolute atomic E-state index is 0.162. The second kappa shape index (κ2) is 7.39. The Labute approximate surface area is 105 Å². The van der Waals surface area contributed by atoms with Crippen LogP contribution in [0.3, 0.4) is 0 Å². The fourth-order valence-electron chi connectivity index (χ4n) is 1.09. The molecule has 18 heavy (non-hydrogen) atoms. The fourth-order valence-corrected chi connectivity index (χ4v) is 1.09. The van der Waals surface area contributed by atoms with Crippen LogP contribution in [0.5, 0.6) is 0 Å². The number of carboxylic acids is 1. The first kappa shape index (κ1) is 16.1. The molecule has 0 bridgehead atoms. The van der Waals surface area contributed by atoms with Crippen molar-refractivity contribution in [2.75, 3.05) is 6.54 Å². The lowest BCUT2D eigenvalue weighted by Gasteiger charge is -2.19. The van der Waals surface area contributed by atoms with Gasteiger partial charge in [0.1, 0.15) is 11.6 Å². The van der Waals surface area contributed by atoms with E-state index < -0.39 is 23.7 Å². The van der Waals surface area contributed by atoms with Crippen molar-refractivity contribution in [2.24, 2.45) is 5.11 Å². The number of amides is 1. The first-order chi connectivity index (χ1) is 8.26. The number of alkyl carbamates (subject to hydrolysis) is 1. The summed E-state index contributed by atoms with van der Waals surface area (Å²) in [5.74, 6) is -1.18. The van der Waals surface area contributed by atoms with Crippen LogP contribution in [0.2, 0.25) is 0 Å². The van der Waals surface area contributed by atoms with Crippen LogP contribution in [-0.2, 0) is 9.53 Å². The van der Waals surface area contributed by atoms with Gasteiger partial charge in [-0.1, -0.05) is 5.11 Å².